The van der Waals surface area contributed by atoms with Gasteiger partial charge in [-0.3, -0.25) is 0 Å². The van der Waals surface area contributed by atoms with Crippen LogP contribution in [0.2, 0.25) is 10.1 Å². The van der Waals surface area contributed by atoms with E-state index in [1.54, 1.807) is 7.11 Å². The molecule has 1 unspecified atom stereocenters. The van der Waals surface area contributed by atoms with E-state index in [0.717, 1.165) is 0 Å². The van der Waals surface area contributed by atoms with Gasteiger partial charge < -0.3 is 15.1 Å². The largest absolute Gasteiger partial charge is 0.406 e. The van der Waals surface area contributed by atoms with Gasteiger partial charge in [0.2, 0.25) is 0 Å². The second-order valence-electron chi connectivity index (χ2n) is 6.32. The van der Waals surface area contributed by atoms with Crippen LogP contribution in [-0.4, -0.2) is 21.8 Å². The molecule has 15 heavy (non-hydrogen) atoms. The molecule has 0 aromatic carbocycles. The number of nitrogens with one attached hydrogen (secondary N) is 1. The normalized spacial score (nSPS) is 16.6. The first-order valence-electron chi connectivity index (χ1n) is 5.56. The van der Waals surface area contributed by atoms with E-state index in [1.807, 2.05) is 6.92 Å². The third-order valence-electron chi connectivity index (χ3n) is 2.85. The van der Waals surface area contributed by atoms with E-state index >= 15 is 0 Å². The van der Waals surface area contributed by atoms with Crippen molar-refractivity contribution in [3.05, 3.63) is 0 Å². The molecule has 3 N–H and O–H groups in total. The van der Waals surface area contributed by atoms with Crippen molar-refractivity contribution in [2.24, 2.45) is 5.73 Å². The molecule has 0 rings (SSSR count). The van der Waals surface area contributed by atoms with Crippen molar-refractivity contribution in [3.63, 3.8) is 0 Å². The van der Waals surface area contributed by atoms with Crippen molar-refractivity contribution in [2.45, 2.75) is 64.7 Å². The Labute approximate surface area is 96.0 Å². The van der Waals surface area contributed by atoms with Crippen LogP contribution in [0.15, 0.2) is 0 Å². The maximum Gasteiger partial charge on any atom is 0.280 e. The summed E-state index contributed by atoms with van der Waals surface area (Å²) in [7, 11) is -0.307. The molecule has 0 aromatic heterocycles. The number of rotatable bonds is 3. The molecule has 0 saturated heterocycles. The maximum atomic E-state index is 5.93. The zero-order valence-corrected chi connectivity index (χ0v) is 12.6. The topological polar surface area (TPSA) is 47.3 Å². The van der Waals surface area contributed by atoms with Crippen LogP contribution in [0.1, 0.15) is 48.5 Å². The molecule has 0 aromatic rings. The lowest BCUT2D eigenvalue weighted by atomic mass is 10.2. The van der Waals surface area contributed by atoms with Gasteiger partial charge in [0, 0.05) is 13.3 Å². The van der Waals surface area contributed by atoms with Crippen LogP contribution < -0.4 is 10.7 Å². The van der Waals surface area contributed by atoms with Crippen molar-refractivity contribution in [1.82, 2.24) is 4.98 Å². The van der Waals surface area contributed by atoms with Gasteiger partial charge in [0.25, 0.3) is 8.48 Å². The molecule has 0 heterocycles. The molecule has 1 atom stereocenters. The van der Waals surface area contributed by atoms with Crippen LogP contribution >= 0.6 is 0 Å². The fourth-order valence-corrected chi connectivity index (χ4v) is 7.65. The van der Waals surface area contributed by atoms with Crippen molar-refractivity contribution >= 4 is 8.48 Å². The number of hydrogen-bond donors (Lipinski definition) is 2. The highest BCUT2D eigenvalue weighted by molar-refractivity contribution is 6.77. The van der Waals surface area contributed by atoms with Gasteiger partial charge in [0.1, 0.15) is 0 Å². The van der Waals surface area contributed by atoms with Gasteiger partial charge in [-0.1, -0.05) is 41.5 Å². The van der Waals surface area contributed by atoms with Crippen molar-refractivity contribution in [3.8, 4) is 0 Å². The molecule has 0 aliphatic carbocycles. The Bertz CT molecular complexity index is 190. The Kier molecular flexibility index (Phi) is 4.56. The Morgan fingerprint density at radius 3 is 1.47 bits per heavy atom. The van der Waals surface area contributed by atoms with Gasteiger partial charge in [-0.2, -0.15) is 0 Å². The summed E-state index contributed by atoms with van der Waals surface area (Å²) in [6, 6.07) is 0. The minimum absolute atomic E-state index is 0.0323. The first-order chi connectivity index (χ1) is 6.48. The Balaban J connectivity index is 5.33. The molecule has 0 saturated carbocycles. The molecule has 0 spiro atoms. The van der Waals surface area contributed by atoms with Crippen LogP contribution in [0, 0.1) is 0 Å². The summed E-state index contributed by atoms with van der Waals surface area (Å²) in [5.74, 6) is 0. The SMILES string of the molecule is CO[Si](NC(C)N)(C(C)(C)C)C(C)(C)C. The van der Waals surface area contributed by atoms with Crippen LogP contribution in [0.4, 0.5) is 0 Å². The van der Waals surface area contributed by atoms with E-state index in [1.165, 1.54) is 0 Å². The van der Waals surface area contributed by atoms with Crippen LogP contribution in [-0.2, 0) is 4.43 Å². The molecule has 0 aliphatic rings. The molecule has 0 radical (unpaired) electrons. The Hall–Kier alpha value is 0.0969. The fourth-order valence-electron chi connectivity index (χ4n) is 2.55. The maximum absolute atomic E-state index is 5.93. The smallest absolute Gasteiger partial charge is 0.280 e. The lowest BCUT2D eigenvalue weighted by Gasteiger charge is -2.50. The van der Waals surface area contributed by atoms with Gasteiger partial charge in [0.05, 0.1) is 0 Å². The molecule has 0 bridgehead atoms. The molecule has 0 fully saturated rings. The van der Waals surface area contributed by atoms with E-state index in [0.29, 0.717) is 0 Å². The standard InChI is InChI=1S/C11H28N2OSi/c1-9(12)13-15(14-8,10(2,3)4)11(5,6)7/h9,13H,12H2,1-8H3. The van der Waals surface area contributed by atoms with Crippen LogP contribution in [0.25, 0.3) is 0 Å². The second kappa shape index (κ2) is 4.53. The molecular weight excluding hydrogens is 204 g/mol. The second-order valence-corrected chi connectivity index (χ2v) is 11.4. The zero-order chi connectivity index (χ0) is 12.5. The highest BCUT2D eigenvalue weighted by atomic mass is 28.4. The monoisotopic (exact) mass is 232 g/mol. The Morgan fingerprint density at radius 2 is 1.40 bits per heavy atom. The lowest BCUT2D eigenvalue weighted by molar-refractivity contribution is 0.303. The quantitative estimate of drug-likeness (QED) is 0.581. The molecule has 3 nitrogen and oxygen atoms in total. The highest BCUT2D eigenvalue weighted by Gasteiger charge is 2.55. The predicted octanol–water partition coefficient (Wildman–Crippen LogP) is 2.57. The average molecular weight is 232 g/mol. The van der Waals surface area contributed by atoms with E-state index in [-0.39, 0.29) is 16.2 Å². The molecule has 4 heteroatoms. The summed E-state index contributed by atoms with van der Waals surface area (Å²) in [5, 5.41) is 0.210. The molecule has 0 amide bonds. The summed E-state index contributed by atoms with van der Waals surface area (Å²) in [4.78, 5) is 3.52. The summed E-state index contributed by atoms with van der Waals surface area (Å²) < 4.78 is 5.93. The highest BCUT2D eigenvalue weighted by Crippen LogP contribution is 2.49. The van der Waals surface area contributed by atoms with E-state index in [9.17, 15) is 0 Å². The van der Waals surface area contributed by atoms with Gasteiger partial charge in [-0.25, -0.2) is 0 Å². The van der Waals surface area contributed by atoms with Gasteiger partial charge >= 0.3 is 0 Å². The van der Waals surface area contributed by atoms with Crippen molar-refractivity contribution in [2.75, 3.05) is 7.11 Å². The summed E-state index contributed by atoms with van der Waals surface area (Å²) >= 11 is 0. The minimum atomic E-state index is -2.11. The van der Waals surface area contributed by atoms with Gasteiger partial charge in [-0.15, -0.1) is 0 Å². The zero-order valence-electron chi connectivity index (χ0n) is 11.6. The van der Waals surface area contributed by atoms with E-state index in [2.05, 4.69) is 46.5 Å². The summed E-state index contributed by atoms with van der Waals surface area (Å²) in [6.45, 7) is 15.3. The van der Waals surface area contributed by atoms with Crippen LogP contribution in [0.5, 0.6) is 0 Å². The predicted molar refractivity (Wildman–Crippen MR) is 69.0 cm³/mol. The lowest BCUT2D eigenvalue weighted by Crippen LogP contribution is -2.68. The fraction of sp³-hybridized carbons (Fsp3) is 1.00. The third kappa shape index (κ3) is 3.03. The number of nitrogens with two attached hydrogens (primary N) is 1. The van der Waals surface area contributed by atoms with Crippen molar-refractivity contribution in [1.29, 1.82) is 0 Å². The Morgan fingerprint density at radius 1 is 1.07 bits per heavy atom. The van der Waals surface area contributed by atoms with Crippen molar-refractivity contribution < 1.29 is 4.43 Å². The summed E-state index contributed by atoms with van der Waals surface area (Å²) in [6.07, 6.45) is -0.0323. The molecular formula is C11H28N2OSi. The summed E-state index contributed by atoms with van der Waals surface area (Å²) in [5.41, 5.74) is 5.89. The van der Waals surface area contributed by atoms with E-state index in [4.69, 9.17) is 10.2 Å². The minimum Gasteiger partial charge on any atom is -0.406 e. The molecule has 92 valence electrons. The first kappa shape index (κ1) is 15.1. The first-order valence-corrected chi connectivity index (χ1v) is 7.47. The van der Waals surface area contributed by atoms with E-state index < -0.39 is 8.48 Å². The average Bonchev–Trinajstić information content (AvgIpc) is 1.94. The van der Waals surface area contributed by atoms with Gasteiger partial charge in [-0.05, 0) is 17.0 Å². The number of hydrogen-bond acceptors (Lipinski definition) is 3. The van der Waals surface area contributed by atoms with Crippen LogP contribution in [0.3, 0.4) is 0 Å². The molecule has 0 aliphatic heterocycles. The third-order valence-corrected chi connectivity index (χ3v) is 8.55. The van der Waals surface area contributed by atoms with Gasteiger partial charge in [0.15, 0.2) is 0 Å².